The maximum atomic E-state index is 12.9. The lowest BCUT2D eigenvalue weighted by Gasteiger charge is -2.19. The van der Waals surface area contributed by atoms with Gasteiger partial charge in [0.15, 0.2) is 11.6 Å². The molecular formula is C12H17F2NO. The van der Waals surface area contributed by atoms with Crippen LogP contribution in [-0.4, -0.2) is 17.8 Å². The molecule has 1 rings (SSSR count). The zero-order valence-electron chi connectivity index (χ0n) is 9.50. The van der Waals surface area contributed by atoms with E-state index in [1.165, 1.54) is 6.07 Å². The van der Waals surface area contributed by atoms with Crippen molar-refractivity contribution in [2.24, 2.45) is 5.92 Å². The molecule has 16 heavy (non-hydrogen) atoms. The molecule has 2 N–H and O–H groups in total. The van der Waals surface area contributed by atoms with Gasteiger partial charge in [-0.05, 0) is 23.6 Å². The number of hydrogen-bond donors (Lipinski definition) is 2. The quantitative estimate of drug-likeness (QED) is 0.810. The molecule has 1 aromatic rings. The second-order valence-corrected chi connectivity index (χ2v) is 4.16. The van der Waals surface area contributed by atoms with Crippen LogP contribution < -0.4 is 5.32 Å². The van der Waals surface area contributed by atoms with Gasteiger partial charge >= 0.3 is 0 Å². The first-order valence-electron chi connectivity index (χ1n) is 5.32. The lowest BCUT2D eigenvalue weighted by atomic mass is 10.1. The standard InChI is InChI=1S/C12H17F2NO/c1-8(2)12(7-16)15-6-9-3-4-10(13)11(14)5-9/h3-5,8,12,15-16H,6-7H2,1-2H3. The number of nitrogens with one attached hydrogen (secondary N) is 1. The minimum absolute atomic E-state index is 0.0291. The summed E-state index contributed by atoms with van der Waals surface area (Å²) >= 11 is 0. The first-order chi connectivity index (χ1) is 7.54. The summed E-state index contributed by atoms with van der Waals surface area (Å²) in [6, 6.07) is 3.76. The third kappa shape index (κ3) is 3.54. The number of aliphatic hydroxyl groups is 1. The van der Waals surface area contributed by atoms with Gasteiger partial charge in [-0.3, -0.25) is 0 Å². The topological polar surface area (TPSA) is 32.3 Å². The van der Waals surface area contributed by atoms with E-state index < -0.39 is 11.6 Å². The summed E-state index contributed by atoms with van der Waals surface area (Å²) in [5.41, 5.74) is 0.665. The second kappa shape index (κ2) is 5.92. The Kier molecular flexibility index (Phi) is 4.83. The summed E-state index contributed by atoms with van der Waals surface area (Å²) in [6.45, 7) is 4.42. The molecule has 0 saturated heterocycles. The van der Waals surface area contributed by atoms with E-state index in [0.717, 1.165) is 12.1 Å². The fraction of sp³-hybridized carbons (Fsp3) is 0.500. The Hall–Kier alpha value is -1.00. The number of benzene rings is 1. The molecule has 0 aromatic heterocycles. The second-order valence-electron chi connectivity index (χ2n) is 4.16. The zero-order valence-corrected chi connectivity index (χ0v) is 9.50. The monoisotopic (exact) mass is 229 g/mol. The molecule has 0 saturated carbocycles. The van der Waals surface area contributed by atoms with Crippen molar-refractivity contribution in [3.8, 4) is 0 Å². The lowest BCUT2D eigenvalue weighted by Crippen LogP contribution is -2.36. The van der Waals surface area contributed by atoms with Crippen LogP contribution in [0.2, 0.25) is 0 Å². The maximum Gasteiger partial charge on any atom is 0.159 e. The van der Waals surface area contributed by atoms with Crippen LogP contribution in [-0.2, 0) is 6.54 Å². The van der Waals surface area contributed by atoms with Crippen molar-refractivity contribution < 1.29 is 13.9 Å². The van der Waals surface area contributed by atoms with Crippen LogP contribution in [0, 0.1) is 17.6 Å². The van der Waals surface area contributed by atoms with Gasteiger partial charge in [0.25, 0.3) is 0 Å². The van der Waals surface area contributed by atoms with E-state index in [2.05, 4.69) is 5.32 Å². The molecular weight excluding hydrogens is 212 g/mol. The molecule has 4 heteroatoms. The molecule has 0 amide bonds. The average Bonchev–Trinajstić information content (AvgIpc) is 2.23. The van der Waals surface area contributed by atoms with Crippen LogP contribution in [0.4, 0.5) is 8.78 Å². The van der Waals surface area contributed by atoms with E-state index in [-0.39, 0.29) is 18.6 Å². The van der Waals surface area contributed by atoms with Gasteiger partial charge < -0.3 is 10.4 Å². The maximum absolute atomic E-state index is 12.9. The fourth-order valence-corrected chi connectivity index (χ4v) is 1.41. The van der Waals surface area contributed by atoms with Gasteiger partial charge in [0.05, 0.1) is 6.61 Å². The third-order valence-corrected chi connectivity index (χ3v) is 2.55. The van der Waals surface area contributed by atoms with Crippen LogP contribution in [0.25, 0.3) is 0 Å². The van der Waals surface area contributed by atoms with Crippen molar-refractivity contribution in [2.75, 3.05) is 6.61 Å². The Balaban J connectivity index is 2.57. The van der Waals surface area contributed by atoms with E-state index in [1.54, 1.807) is 0 Å². The third-order valence-electron chi connectivity index (χ3n) is 2.55. The molecule has 1 aromatic carbocycles. The van der Waals surface area contributed by atoms with E-state index in [4.69, 9.17) is 5.11 Å². The predicted molar refractivity (Wildman–Crippen MR) is 58.9 cm³/mol. The van der Waals surface area contributed by atoms with E-state index in [1.807, 2.05) is 13.8 Å². The van der Waals surface area contributed by atoms with Crippen LogP contribution >= 0.6 is 0 Å². The highest BCUT2D eigenvalue weighted by Gasteiger charge is 2.11. The normalized spacial score (nSPS) is 13.1. The number of halogens is 2. The molecule has 0 aliphatic carbocycles. The average molecular weight is 229 g/mol. The van der Waals surface area contributed by atoms with Gasteiger partial charge in [0.2, 0.25) is 0 Å². The summed E-state index contributed by atoms with van der Waals surface area (Å²) < 4.78 is 25.5. The minimum atomic E-state index is -0.843. The molecule has 0 bridgehead atoms. The zero-order chi connectivity index (χ0) is 12.1. The van der Waals surface area contributed by atoms with Gasteiger partial charge in [0, 0.05) is 12.6 Å². The summed E-state index contributed by atoms with van der Waals surface area (Å²) in [5.74, 6) is -1.40. The van der Waals surface area contributed by atoms with Gasteiger partial charge in [-0.2, -0.15) is 0 Å². The van der Waals surface area contributed by atoms with Crippen LogP contribution in [0.15, 0.2) is 18.2 Å². The Bertz CT molecular complexity index is 342. The van der Waals surface area contributed by atoms with Gasteiger partial charge in [-0.1, -0.05) is 19.9 Å². The Morgan fingerprint density at radius 1 is 1.25 bits per heavy atom. The molecule has 2 nitrogen and oxygen atoms in total. The van der Waals surface area contributed by atoms with E-state index in [0.29, 0.717) is 12.1 Å². The Morgan fingerprint density at radius 2 is 1.94 bits per heavy atom. The fourth-order valence-electron chi connectivity index (χ4n) is 1.41. The summed E-state index contributed by atoms with van der Waals surface area (Å²) in [5, 5.41) is 12.2. The molecule has 0 fully saturated rings. The van der Waals surface area contributed by atoms with Crippen LogP contribution in [0.3, 0.4) is 0 Å². The van der Waals surface area contributed by atoms with Crippen molar-refractivity contribution >= 4 is 0 Å². The SMILES string of the molecule is CC(C)C(CO)NCc1ccc(F)c(F)c1. The van der Waals surface area contributed by atoms with E-state index in [9.17, 15) is 8.78 Å². The van der Waals surface area contributed by atoms with Crippen LogP contribution in [0.5, 0.6) is 0 Å². The van der Waals surface area contributed by atoms with Crippen molar-refractivity contribution in [2.45, 2.75) is 26.4 Å². The molecule has 0 aliphatic rings. The molecule has 0 radical (unpaired) electrons. The highest BCUT2D eigenvalue weighted by atomic mass is 19.2. The van der Waals surface area contributed by atoms with Crippen LogP contribution in [0.1, 0.15) is 19.4 Å². The largest absolute Gasteiger partial charge is 0.395 e. The molecule has 0 heterocycles. The van der Waals surface area contributed by atoms with Crippen molar-refractivity contribution in [1.29, 1.82) is 0 Å². The first kappa shape index (κ1) is 13.1. The van der Waals surface area contributed by atoms with Crippen molar-refractivity contribution in [3.63, 3.8) is 0 Å². The lowest BCUT2D eigenvalue weighted by molar-refractivity contribution is 0.210. The highest BCUT2D eigenvalue weighted by Crippen LogP contribution is 2.09. The summed E-state index contributed by atoms with van der Waals surface area (Å²) in [4.78, 5) is 0. The molecule has 90 valence electrons. The van der Waals surface area contributed by atoms with Crippen molar-refractivity contribution in [1.82, 2.24) is 5.32 Å². The number of hydrogen-bond acceptors (Lipinski definition) is 2. The number of aliphatic hydroxyl groups excluding tert-OH is 1. The van der Waals surface area contributed by atoms with Gasteiger partial charge in [-0.15, -0.1) is 0 Å². The minimum Gasteiger partial charge on any atom is -0.395 e. The Morgan fingerprint density at radius 3 is 2.44 bits per heavy atom. The molecule has 0 spiro atoms. The molecule has 0 aliphatic heterocycles. The smallest absolute Gasteiger partial charge is 0.159 e. The molecule has 1 atom stereocenters. The first-order valence-corrected chi connectivity index (χ1v) is 5.32. The summed E-state index contributed by atoms with van der Waals surface area (Å²) in [7, 11) is 0. The van der Waals surface area contributed by atoms with E-state index >= 15 is 0 Å². The van der Waals surface area contributed by atoms with Gasteiger partial charge in [-0.25, -0.2) is 8.78 Å². The van der Waals surface area contributed by atoms with Crippen molar-refractivity contribution in [3.05, 3.63) is 35.4 Å². The Labute approximate surface area is 94.3 Å². The molecule has 1 unspecified atom stereocenters. The van der Waals surface area contributed by atoms with Gasteiger partial charge in [0.1, 0.15) is 0 Å². The predicted octanol–water partition coefficient (Wildman–Crippen LogP) is 2.07. The number of rotatable bonds is 5. The highest BCUT2D eigenvalue weighted by molar-refractivity contribution is 5.17. The summed E-state index contributed by atoms with van der Waals surface area (Å²) in [6.07, 6.45) is 0.